The van der Waals surface area contributed by atoms with Crippen LogP contribution in [-0.2, 0) is 0 Å². The van der Waals surface area contributed by atoms with Gasteiger partial charge in [-0.3, -0.25) is 0 Å². The zero-order valence-electron chi connectivity index (χ0n) is 12.4. The number of thioether (sulfide) groups is 1. The molecule has 1 fully saturated rings. The van der Waals surface area contributed by atoms with E-state index in [1.54, 1.807) is 12.1 Å². The number of hydrogen-bond donors (Lipinski definition) is 0. The van der Waals surface area contributed by atoms with Crippen LogP contribution in [-0.4, -0.2) is 21.1 Å². The molecule has 21 heavy (non-hydrogen) atoms. The average Bonchev–Trinajstić information content (AvgIpc) is 2.85. The SMILES string of the molecule is CSC1CCCCC1n1c(C(C)Cl)nc2ccc(F)cc21. The van der Waals surface area contributed by atoms with Gasteiger partial charge in [0.1, 0.15) is 11.6 Å². The molecule has 3 unspecified atom stereocenters. The zero-order chi connectivity index (χ0) is 15.0. The van der Waals surface area contributed by atoms with Gasteiger partial charge in [-0.2, -0.15) is 11.8 Å². The molecule has 1 aliphatic carbocycles. The van der Waals surface area contributed by atoms with Gasteiger partial charge in [0.15, 0.2) is 0 Å². The second kappa shape index (κ2) is 6.17. The Morgan fingerprint density at radius 2 is 2.14 bits per heavy atom. The first-order valence-electron chi connectivity index (χ1n) is 7.46. The molecular weight excluding hydrogens is 307 g/mol. The third-order valence-corrected chi connectivity index (χ3v) is 5.69. The standard InChI is InChI=1S/C16H20ClFN2S/c1-10(17)16-19-12-8-7-11(18)9-14(12)20(16)13-5-3-4-6-15(13)21-2/h7-10,13,15H,3-6H2,1-2H3. The number of nitrogens with zero attached hydrogens (tertiary/aromatic N) is 2. The van der Waals surface area contributed by atoms with E-state index < -0.39 is 0 Å². The van der Waals surface area contributed by atoms with Crippen LogP contribution in [0.2, 0.25) is 0 Å². The van der Waals surface area contributed by atoms with Crippen molar-refractivity contribution in [3.05, 3.63) is 29.8 Å². The number of aromatic nitrogens is 2. The maximum atomic E-state index is 13.7. The molecule has 0 amide bonds. The molecule has 0 radical (unpaired) electrons. The van der Waals surface area contributed by atoms with E-state index in [0.29, 0.717) is 11.3 Å². The minimum absolute atomic E-state index is 0.176. The van der Waals surface area contributed by atoms with Gasteiger partial charge >= 0.3 is 0 Å². The molecule has 1 heterocycles. The predicted molar refractivity (Wildman–Crippen MR) is 88.8 cm³/mol. The molecule has 1 aromatic heterocycles. The highest BCUT2D eigenvalue weighted by atomic mass is 35.5. The van der Waals surface area contributed by atoms with Crippen molar-refractivity contribution in [2.45, 2.75) is 49.3 Å². The van der Waals surface area contributed by atoms with Crippen molar-refractivity contribution >= 4 is 34.4 Å². The Morgan fingerprint density at radius 1 is 1.38 bits per heavy atom. The number of alkyl halides is 1. The van der Waals surface area contributed by atoms with Crippen molar-refractivity contribution in [3.63, 3.8) is 0 Å². The lowest BCUT2D eigenvalue weighted by Gasteiger charge is -2.33. The monoisotopic (exact) mass is 326 g/mol. The average molecular weight is 327 g/mol. The van der Waals surface area contributed by atoms with Crippen LogP contribution in [0.4, 0.5) is 4.39 Å². The van der Waals surface area contributed by atoms with E-state index in [9.17, 15) is 4.39 Å². The van der Waals surface area contributed by atoms with E-state index in [2.05, 4.69) is 15.8 Å². The van der Waals surface area contributed by atoms with Crippen LogP contribution in [0.5, 0.6) is 0 Å². The van der Waals surface area contributed by atoms with E-state index in [-0.39, 0.29) is 11.2 Å². The summed E-state index contributed by atoms with van der Waals surface area (Å²) in [4.78, 5) is 4.65. The molecule has 114 valence electrons. The number of benzene rings is 1. The second-order valence-corrected chi connectivity index (χ2v) is 7.45. The van der Waals surface area contributed by atoms with Crippen molar-refractivity contribution in [2.75, 3.05) is 6.26 Å². The Hall–Kier alpha value is -0.740. The summed E-state index contributed by atoms with van der Waals surface area (Å²) in [5.41, 5.74) is 1.72. The normalized spacial score (nSPS) is 24.4. The van der Waals surface area contributed by atoms with Gasteiger partial charge in [-0.25, -0.2) is 9.37 Å². The Labute approximate surface area is 134 Å². The van der Waals surface area contributed by atoms with E-state index in [1.165, 1.54) is 25.3 Å². The minimum Gasteiger partial charge on any atom is -0.322 e. The number of rotatable bonds is 3. The zero-order valence-corrected chi connectivity index (χ0v) is 13.9. The van der Waals surface area contributed by atoms with Gasteiger partial charge in [0, 0.05) is 11.3 Å². The third kappa shape index (κ3) is 2.80. The predicted octanol–water partition coefficient (Wildman–Crippen LogP) is 5.32. The highest BCUT2D eigenvalue weighted by Crippen LogP contribution is 2.40. The summed E-state index contributed by atoms with van der Waals surface area (Å²) in [7, 11) is 0. The first kappa shape index (κ1) is 15.2. The van der Waals surface area contributed by atoms with Crippen LogP contribution in [0, 0.1) is 5.82 Å². The Balaban J connectivity index is 2.18. The molecule has 1 saturated carbocycles. The highest BCUT2D eigenvalue weighted by molar-refractivity contribution is 7.99. The molecule has 2 aromatic rings. The largest absolute Gasteiger partial charge is 0.322 e. The molecular formula is C16H20ClFN2S. The molecule has 3 atom stereocenters. The summed E-state index contributed by atoms with van der Waals surface area (Å²) in [5, 5.41) is 0.374. The van der Waals surface area contributed by atoms with Gasteiger partial charge in [-0.15, -0.1) is 11.6 Å². The third-order valence-electron chi connectivity index (χ3n) is 4.34. The molecule has 5 heteroatoms. The van der Waals surface area contributed by atoms with E-state index in [4.69, 9.17) is 11.6 Å². The molecule has 2 nitrogen and oxygen atoms in total. The molecule has 0 N–H and O–H groups in total. The van der Waals surface area contributed by atoms with Crippen LogP contribution in [0.3, 0.4) is 0 Å². The molecule has 0 aliphatic heterocycles. The minimum atomic E-state index is -0.214. The molecule has 0 spiro atoms. The van der Waals surface area contributed by atoms with Crippen LogP contribution >= 0.6 is 23.4 Å². The van der Waals surface area contributed by atoms with Crippen molar-refractivity contribution < 1.29 is 4.39 Å². The van der Waals surface area contributed by atoms with Crippen molar-refractivity contribution in [2.24, 2.45) is 0 Å². The molecule has 3 rings (SSSR count). The summed E-state index contributed by atoms with van der Waals surface area (Å²) >= 11 is 8.25. The summed E-state index contributed by atoms with van der Waals surface area (Å²) in [6.07, 6.45) is 6.97. The van der Waals surface area contributed by atoms with Gasteiger partial charge in [-0.05, 0) is 44.2 Å². The lowest BCUT2D eigenvalue weighted by atomic mass is 9.94. The first-order chi connectivity index (χ1) is 10.1. The maximum Gasteiger partial charge on any atom is 0.128 e. The number of imidazole rings is 1. The van der Waals surface area contributed by atoms with Crippen LogP contribution < -0.4 is 0 Å². The topological polar surface area (TPSA) is 17.8 Å². The van der Waals surface area contributed by atoms with Crippen LogP contribution in [0.15, 0.2) is 18.2 Å². The van der Waals surface area contributed by atoms with E-state index in [1.807, 2.05) is 18.7 Å². The first-order valence-corrected chi connectivity index (χ1v) is 9.18. The summed E-state index contributed by atoms with van der Waals surface area (Å²) in [5.74, 6) is 0.650. The van der Waals surface area contributed by atoms with Crippen molar-refractivity contribution in [3.8, 4) is 0 Å². The molecule has 1 aromatic carbocycles. The lowest BCUT2D eigenvalue weighted by molar-refractivity contribution is 0.363. The van der Waals surface area contributed by atoms with Gasteiger partial charge in [-0.1, -0.05) is 12.8 Å². The summed E-state index contributed by atoms with van der Waals surface area (Å²) in [6, 6.07) is 5.17. The van der Waals surface area contributed by atoms with Gasteiger partial charge in [0.25, 0.3) is 0 Å². The molecule has 1 aliphatic rings. The Kier molecular flexibility index (Phi) is 4.46. The molecule has 0 saturated heterocycles. The second-order valence-electron chi connectivity index (χ2n) is 5.72. The van der Waals surface area contributed by atoms with Crippen molar-refractivity contribution in [1.82, 2.24) is 9.55 Å². The fourth-order valence-corrected chi connectivity index (χ4v) is 4.49. The fourth-order valence-electron chi connectivity index (χ4n) is 3.36. The fraction of sp³-hybridized carbons (Fsp3) is 0.562. The lowest BCUT2D eigenvalue weighted by Crippen LogP contribution is -2.26. The number of hydrogen-bond acceptors (Lipinski definition) is 2. The maximum absolute atomic E-state index is 13.7. The van der Waals surface area contributed by atoms with E-state index in [0.717, 1.165) is 23.3 Å². The Bertz CT molecular complexity index is 640. The van der Waals surface area contributed by atoms with Crippen molar-refractivity contribution in [1.29, 1.82) is 0 Å². The molecule has 0 bridgehead atoms. The summed E-state index contributed by atoms with van der Waals surface area (Å²) in [6.45, 7) is 1.94. The summed E-state index contributed by atoms with van der Waals surface area (Å²) < 4.78 is 15.9. The highest BCUT2D eigenvalue weighted by Gasteiger charge is 2.30. The number of fused-ring (bicyclic) bond motifs is 1. The quantitative estimate of drug-likeness (QED) is 0.710. The van der Waals surface area contributed by atoms with Gasteiger partial charge < -0.3 is 4.57 Å². The smallest absolute Gasteiger partial charge is 0.128 e. The van der Waals surface area contributed by atoms with Crippen LogP contribution in [0.25, 0.3) is 11.0 Å². The number of halogens is 2. The van der Waals surface area contributed by atoms with Gasteiger partial charge in [0.2, 0.25) is 0 Å². The van der Waals surface area contributed by atoms with Crippen LogP contribution in [0.1, 0.15) is 49.9 Å². The van der Waals surface area contributed by atoms with E-state index >= 15 is 0 Å². The Morgan fingerprint density at radius 3 is 2.86 bits per heavy atom. The van der Waals surface area contributed by atoms with Gasteiger partial charge in [0.05, 0.1) is 16.4 Å².